The molecule has 4 rings (SSSR count). The molecule has 2 aliphatic heterocycles. The lowest BCUT2D eigenvalue weighted by molar-refractivity contribution is -0.138. The van der Waals surface area contributed by atoms with Gasteiger partial charge in [0, 0.05) is 57.7 Å². The van der Waals surface area contributed by atoms with Gasteiger partial charge in [-0.3, -0.25) is 14.5 Å². The number of aryl methyl sites for hydroxylation is 1. The van der Waals surface area contributed by atoms with Gasteiger partial charge in [0.15, 0.2) is 11.7 Å². The van der Waals surface area contributed by atoms with Gasteiger partial charge in [0.05, 0.1) is 26.0 Å². The van der Waals surface area contributed by atoms with Crippen LogP contribution in [-0.4, -0.2) is 90.5 Å². The van der Waals surface area contributed by atoms with E-state index in [1.807, 2.05) is 40.1 Å². The summed E-state index contributed by atoms with van der Waals surface area (Å²) < 4.78 is 11.1. The van der Waals surface area contributed by atoms with Gasteiger partial charge in [0.1, 0.15) is 0 Å². The van der Waals surface area contributed by atoms with Crippen molar-refractivity contribution in [2.24, 2.45) is 0 Å². The highest BCUT2D eigenvalue weighted by Crippen LogP contribution is 2.20. The van der Waals surface area contributed by atoms with E-state index in [-0.39, 0.29) is 11.8 Å². The third-order valence-corrected chi connectivity index (χ3v) is 5.61. The third-order valence-electron chi connectivity index (χ3n) is 5.61. The molecule has 2 aromatic rings. The number of carbonyl (C=O) groups excluding carboxylic acids is 2. The molecule has 0 bridgehead atoms. The summed E-state index contributed by atoms with van der Waals surface area (Å²) >= 11 is 0. The van der Waals surface area contributed by atoms with Gasteiger partial charge in [0.2, 0.25) is 11.8 Å². The van der Waals surface area contributed by atoms with Crippen LogP contribution in [0.15, 0.2) is 40.9 Å². The number of benzene rings is 1. The highest BCUT2D eigenvalue weighted by Gasteiger charge is 2.25. The van der Waals surface area contributed by atoms with E-state index in [0.717, 1.165) is 24.4 Å². The van der Waals surface area contributed by atoms with Crippen molar-refractivity contribution in [3.63, 3.8) is 0 Å². The number of amides is 2. The van der Waals surface area contributed by atoms with E-state index in [1.54, 1.807) is 6.20 Å². The van der Waals surface area contributed by atoms with Crippen LogP contribution in [0.3, 0.4) is 0 Å². The van der Waals surface area contributed by atoms with Crippen molar-refractivity contribution >= 4 is 11.8 Å². The molecule has 0 radical (unpaired) electrons. The summed E-state index contributed by atoms with van der Waals surface area (Å²) in [7, 11) is 0. The maximum Gasteiger partial charge on any atom is 0.236 e. The number of carbonyl (C=O) groups is 2. The fraction of sp³-hybridized carbons (Fsp3) is 0.500. The number of hydrogen-bond acceptors (Lipinski definition) is 6. The SMILES string of the molecule is O=C(CCc1ncc(-c2ccccc2)o1)N1CCN(CC(=O)N2CCOCC2)CC1. The molecular weight excluding hydrogens is 384 g/mol. The summed E-state index contributed by atoms with van der Waals surface area (Å²) in [5.41, 5.74) is 0.977. The van der Waals surface area contributed by atoms with Gasteiger partial charge < -0.3 is 19.0 Å². The summed E-state index contributed by atoms with van der Waals surface area (Å²) in [5.74, 6) is 1.55. The number of nitrogens with zero attached hydrogens (tertiary/aromatic N) is 4. The number of rotatable bonds is 6. The fourth-order valence-corrected chi connectivity index (χ4v) is 3.79. The molecule has 0 spiro atoms. The van der Waals surface area contributed by atoms with Crippen molar-refractivity contribution in [3.05, 3.63) is 42.4 Å². The zero-order valence-corrected chi connectivity index (χ0v) is 17.2. The molecule has 0 aliphatic carbocycles. The first-order valence-electron chi connectivity index (χ1n) is 10.5. The molecule has 1 aromatic heterocycles. The molecule has 2 fully saturated rings. The van der Waals surface area contributed by atoms with Crippen LogP contribution in [0.25, 0.3) is 11.3 Å². The third kappa shape index (κ3) is 5.25. The van der Waals surface area contributed by atoms with Crippen LogP contribution in [0.2, 0.25) is 0 Å². The maximum absolute atomic E-state index is 12.6. The standard InChI is InChI=1S/C22H28N4O4/c27-21(7-6-20-23-16-19(30-20)18-4-2-1-3-5-18)25-10-8-24(9-11-25)17-22(28)26-12-14-29-15-13-26/h1-5,16H,6-15,17H2. The molecule has 2 saturated heterocycles. The first-order chi connectivity index (χ1) is 14.7. The van der Waals surface area contributed by atoms with Crippen molar-refractivity contribution in [1.82, 2.24) is 19.7 Å². The molecule has 30 heavy (non-hydrogen) atoms. The number of piperazine rings is 1. The van der Waals surface area contributed by atoms with Crippen molar-refractivity contribution in [2.45, 2.75) is 12.8 Å². The summed E-state index contributed by atoms with van der Waals surface area (Å²) in [6, 6.07) is 9.81. The van der Waals surface area contributed by atoms with E-state index in [4.69, 9.17) is 9.15 Å². The Morgan fingerprint density at radius 2 is 1.60 bits per heavy atom. The van der Waals surface area contributed by atoms with Crippen LogP contribution in [0.5, 0.6) is 0 Å². The summed E-state index contributed by atoms with van der Waals surface area (Å²) in [6.45, 7) is 5.73. The van der Waals surface area contributed by atoms with Crippen molar-refractivity contribution in [1.29, 1.82) is 0 Å². The van der Waals surface area contributed by atoms with Gasteiger partial charge in [-0.05, 0) is 0 Å². The van der Waals surface area contributed by atoms with Crippen LogP contribution in [0.4, 0.5) is 0 Å². The number of aromatic nitrogens is 1. The molecule has 2 amide bonds. The second kappa shape index (κ2) is 9.86. The zero-order chi connectivity index (χ0) is 20.8. The predicted octanol–water partition coefficient (Wildman–Crippen LogP) is 1.28. The summed E-state index contributed by atoms with van der Waals surface area (Å²) in [6.07, 6.45) is 2.57. The maximum atomic E-state index is 12.6. The Morgan fingerprint density at radius 3 is 2.33 bits per heavy atom. The highest BCUT2D eigenvalue weighted by atomic mass is 16.5. The van der Waals surface area contributed by atoms with Crippen LogP contribution < -0.4 is 0 Å². The Kier molecular flexibility index (Phi) is 6.76. The molecule has 0 N–H and O–H groups in total. The average Bonchev–Trinajstić information content (AvgIpc) is 3.28. The lowest BCUT2D eigenvalue weighted by atomic mass is 10.2. The number of hydrogen-bond donors (Lipinski definition) is 0. The Morgan fingerprint density at radius 1 is 0.900 bits per heavy atom. The molecule has 8 heteroatoms. The average molecular weight is 412 g/mol. The minimum absolute atomic E-state index is 0.105. The van der Waals surface area contributed by atoms with Crippen LogP contribution in [-0.2, 0) is 20.7 Å². The van der Waals surface area contributed by atoms with E-state index in [2.05, 4.69) is 9.88 Å². The van der Waals surface area contributed by atoms with Gasteiger partial charge in [-0.25, -0.2) is 4.98 Å². The molecule has 0 unspecified atom stereocenters. The van der Waals surface area contributed by atoms with E-state index in [1.165, 1.54) is 0 Å². The first kappa shape index (κ1) is 20.6. The number of morpholine rings is 1. The van der Waals surface area contributed by atoms with Crippen LogP contribution in [0.1, 0.15) is 12.3 Å². The number of oxazole rings is 1. The van der Waals surface area contributed by atoms with Gasteiger partial charge in [-0.2, -0.15) is 0 Å². The zero-order valence-electron chi connectivity index (χ0n) is 17.2. The van der Waals surface area contributed by atoms with E-state index < -0.39 is 0 Å². The molecule has 0 saturated carbocycles. The molecule has 1 aromatic carbocycles. The largest absolute Gasteiger partial charge is 0.441 e. The molecule has 8 nitrogen and oxygen atoms in total. The monoisotopic (exact) mass is 412 g/mol. The first-order valence-corrected chi connectivity index (χ1v) is 10.5. The molecule has 3 heterocycles. The number of ether oxygens (including phenoxy) is 1. The summed E-state index contributed by atoms with van der Waals surface area (Å²) in [5, 5.41) is 0. The normalized spacial score (nSPS) is 17.9. The molecular formula is C22H28N4O4. The van der Waals surface area contributed by atoms with Crippen LogP contribution >= 0.6 is 0 Å². The van der Waals surface area contributed by atoms with Gasteiger partial charge in [-0.15, -0.1) is 0 Å². The minimum Gasteiger partial charge on any atom is -0.441 e. The van der Waals surface area contributed by atoms with E-state index in [0.29, 0.717) is 64.7 Å². The van der Waals surface area contributed by atoms with E-state index in [9.17, 15) is 9.59 Å². The van der Waals surface area contributed by atoms with Crippen molar-refractivity contribution < 1.29 is 18.7 Å². The smallest absolute Gasteiger partial charge is 0.236 e. The second-order valence-corrected chi connectivity index (χ2v) is 7.63. The summed E-state index contributed by atoms with van der Waals surface area (Å²) in [4.78, 5) is 35.1. The van der Waals surface area contributed by atoms with Gasteiger partial charge >= 0.3 is 0 Å². The van der Waals surface area contributed by atoms with E-state index >= 15 is 0 Å². The van der Waals surface area contributed by atoms with Gasteiger partial charge in [0.25, 0.3) is 0 Å². The van der Waals surface area contributed by atoms with Crippen LogP contribution in [0, 0.1) is 0 Å². The topological polar surface area (TPSA) is 79.1 Å². The highest BCUT2D eigenvalue weighted by molar-refractivity contribution is 5.78. The fourth-order valence-electron chi connectivity index (χ4n) is 3.79. The Bertz CT molecular complexity index is 840. The van der Waals surface area contributed by atoms with Gasteiger partial charge in [-0.1, -0.05) is 30.3 Å². The minimum atomic E-state index is 0.105. The Hall–Kier alpha value is -2.71. The molecule has 0 atom stereocenters. The Balaban J connectivity index is 1.19. The Labute approximate surface area is 176 Å². The quantitative estimate of drug-likeness (QED) is 0.711. The molecule has 160 valence electrons. The predicted molar refractivity (Wildman–Crippen MR) is 111 cm³/mol. The lowest BCUT2D eigenvalue weighted by Gasteiger charge is -2.36. The van der Waals surface area contributed by atoms with Crippen molar-refractivity contribution in [2.75, 3.05) is 59.0 Å². The lowest BCUT2D eigenvalue weighted by Crippen LogP contribution is -2.52. The molecule has 2 aliphatic rings. The second-order valence-electron chi connectivity index (χ2n) is 7.63. The van der Waals surface area contributed by atoms with Crippen molar-refractivity contribution in [3.8, 4) is 11.3 Å².